The second-order valence-corrected chi connectivity index (χ2v) is 6.17. The van der Waals surface area contributed by atoms with E-state index in [0.29, 0.717) is 11.5 Å². The molecular formula is C17H14N4O3S. The Bertz CT molecular complexity index is 927. The molecule has 0 radical (unpaired) electrons. The summed E-state index contributed by atoms with van der Waals surface area (Å²) in [5, 5.41) is 19.8. The Hall–Kier alpha value is -3.26. The Balaban J connectivity index is 1.81. The molecule has 1 aromatic carbocycles. The van der Waals surface area contributed by atoms with E-state index in [1.54, 1.807) is 31.2 Å². The summed E-state index contributed by atoms with van der Waals surface area (Å²) in [5.41, 5.74) is 1.34. The van der Waals surface area contributed by atoms with Crippen LogP contribution in [0.2, 0.25) is 0 Å². The van der Waals surface area contributed by atoms with Crippen molar-refractivity contribution in [2.24, 2.45) is 0 Å². The first-order chi connectivity index (χ1) is 12.0. The maximum Gasteiger partial charge on any atom is 0.269 e. The first-order valence-electron chi connectivity index (χ1n) is 7.37. The molecule has 0 aliphatic heterocycles. The molecular weight excluding hydrogens is 340 g/mol. The molecule has 0 unspecified atom stereocenters. The number of rotatable bonds is 5. The molecule has 0 bridgehead atoms. The van der Waals surface area contributed by atoms with Gasteiger partial charge in [-0.15, -0.1) is 11.3 Å². The van der Waals surface area contributed by atoms with E-state index in [0.717, 1.165) is 10.6 Å². The minimum Gasteiger partial charge on any atom is -0.307 e. The molecule has 3 aromatic rings. The molecule has 0 aliphatic rings. The Morgan fingerprint density at radius 1 is 1.32 bits per heavy atom. The van der Waals surface area contributed by atoms with Crippen LogP contribution in [0.25, 0.3) is 11.8 Å². The number of carbonyl (C=O) groups is 1. The van der Waals surface area contributed by atoms with E-state index < -0.39 is 4.92 Å². The number of nitrogens with zero attached hydrogens (tertiary/aromatic N) is 3. The number of nitrogens with one attached hydrogen (secondary N) is 1. The van der Waals surface area contributed by atoms with Crippen molar-refractivity contribution in [2.45, 2.75) is 6.92 Å². The molecule has 0 fully saturated rings. The van der Waals surface area contributed by atoms with E-state index in [1.807, 2.05) is 17.5 Å². The van der Waals surface area contributed by atoms with Crippen molar-refractivity contribution in [2.75, 3.05) is 5.32 Å². The zero-order valence-electron chi connectivity index (χ0n) is 13.2. The van der Waals surface area contributed by atoms with Gasteiger partial charge in [-0.25, -0.2) is 4.68 Å². The predicted octanol–water partition coefficient (Wildman–Crippen LogP) is 3.80. The van der Waals surface area contributed by atoms with Crippen LogP contribution in [0.4, 0.5) is 11.5 Å². The molecule has 25 heavy (non-hydrogen) atoms. The van der Waals surface area contributed by atoms with E-state index in [4.69, 9.17) is 0 Å². The van der Waals surface area contributed by atoms with E-state index >= 15 is 0 Å². The second-order valence-electron chi connectivity index (χ2n) is 5.19. The lowest BCUT2D eigenvalue weighted by molar-refractivity contribution is -0.384. The van der Waals surface area contributed by atoms with Crippen LogP contribution >= 0.6 is 11.3 Å². The van der Waals surface area contributed by atoms with Crippen LogP contribution in [0.5, 0.6) is 0 Å². The molecule has 126 valence electrons. The number of benzene rings is 1. The number of thiophene rings is 1. The maximum absolute atomic E-state index is 12.1. The van der Waals surface area contributed by atoms with Gasteiger partial charge >= 0.3 is 0 Å². The zero-order valence-corrected chi connectivity index (χ0v) is 14.1. The molecule has 7 nitrogen and oxygen atoms in total. The predicted molar refractivity (Wildman–Crippen MR) is 96.9 cm³/mol. The maximum atomic E-state index is 12.1. The smallest absolute Gasteiger partial charge is 0.269 e. The third kappa shape index (κ3) is 3.99. The summed E-state index contributed by atoms with van der Waals surface area (Å²) in [7, 11) is 0. The van der Waals surface area contributed by atoms with E-state index in [2.05, 4.69) is 10.4 Å². The number of non-ortho nitro benzene ring substituents is 1. The third-order valence-electron chi connectivity index (χ3n) is 3.33. The number of aromatic nitrogens is 2. The highest BCUT2D eigenvalue weighted by Gasteiger charge is 2.11. The molecule has 0 saturated heterocycles. The van der Waals surface area contributed by atoms with Crippen molar-refractivity contribution in [1.82, 2.24) is 9.78 Å². The van der Waals surface area contributed by atoms with Crippen molar-refractivity contribution >= 4 is 34.8 Å². The standard InChI is InChI=1S/C17H14N4O3S/c1-12-11-16(18-17(22)9-8-15-3-2-10-25-15)20(19-12)13-4-6-14(7-5-13)21(23)24/h2-11H,1H3,(H,18,22)/b9-8+. The molecule has 0 spiro atoms. The summed E-state index contributed by atoms with van der Waals surface area (Å²) in [5.74, 6) is 0.212. The van der Waals surface area contributed by atoms with Gasteiger partial charge in [0.05, 0.1) is 16.3 Å². The Kier molecular flexibility index (Phi) is 4.71. The molecule has 1 amide bonds. The van der Waals surface area contributed by atoms with Crippen LogP contribution < -0.4 is 5.32 Å². The summed E-state index contributed by atoms with van der Waals surface area (Å²) in [6, 6.07) is 11.5. The van der Waals surface area contributed by atoms with Crippen molar-refractivity contribution < 1.29 is 9.72 Å². The molecule has 1 N–H and O–H groups in total. The van der Waals surface area contributed by atoms with Gasteiger partial charge in [0.1, 0.15) is 5.82 Å². The van der Waals surface area contributed by atoms with Crippen molar-refractivity contribution in [3.63, 3.8) is 0 Å². The first-order valence-corrected chi connectivity index (χ1v) is 8.25. The highest BCUT2D eigenvalue weighted by molar-refractivity contribution is 7.10. The summed E-state index contributed by atoms with van der Waals surface area (Å²) in [6.07, 6.45) is 3.19. The van der Waals surface area contributed by atoms with Gasteiger partial charge in [0, 0.05) is 29.2 Å². The summed E-state index contributed by atoms with van der Waals surface area (Å²) >= 11 is 1.54. The molecule has 2 heterocycles. The minimum absolute atomic E-state index is 0.00269. The van der Waals surface area contributed by atoms with E-state index in [9.17, 15) is 14.9 Å². The fourth-order valence-corrected chi connectivity index (χ4v) is 2.83. The van der Waals surface area contributed by atoms with Crippen molar-refractivity contribution in [1.29, 1.82) is 0 Å². The molecule has 0 aliphatic carbocycles. The number of aryl methyl sites for hydroxylation is 1. The SMILES string of the molecule is Cc1cc(NC(=O)/C=C/c2cccs2)n(-c2ccc([N+](=O)[O-])cc2)n1. The average molecular weight is 354 g/mol. The molecule has 0 saturated carbocycles. The summed E-state index contributed by atoms with van der Waals surface area (Å²) in [6.45, 7) is 1.80. The monoisotopic (exact) mass is 354 g/mol. The summed E-state index contributed by atoms with van der Waals surface area (Å²) in [4.78, 5) is 23.4. The Labute approximate surface area is 147 Å². The van der Waals surface area contributed by atoms with Gasteiger partial charge < -0.3 is 5.32 Å². The van der Waals surface area contributed by atoms with Gasteiger partial charge in [-0.3, -0.25) is 14.9 Å². The van der Waals surface area contributed by atoms with Crippen LogP contribution in [-0.2, 0) is 4.79 Å². The molecule has 3 rings (SSSR count). The van der Waals surface area contributed by atoms with Crippen LogP contribution in [0.3, 0.4) is 0 Å². The molecule has 0 atom stereocenters. The van der Waals surface area contributed by atoms with Gasteiger partial charge in [-0.1, -0.05) is 6.07 Å². The van der Waals surface area contributed by atoms with Crippen molar-refractivity contribution in [3.8, 4) is 5.69 Å². The number of carbonyl (C=O) groups excluding carboxylic acids is 1. The number of hydrogen-bond donors (Lipinski definition) is 1. The van der Waals surface area contributed by atoms with E-state index in [1.165, 1.54) is 34.2 Å². The topological polar surface area (TPSA) is 90.1 Å². The lowest BCUT2D eigenvalue weighted by atomic mass is 10.3. The fraction of sp³-hybridized carbons (Fsp3) is 0.0588. The normalized spacial score (nSPS) is 10.9. The van der Waals surface area contributed by atoms with Gasteiger partial charge in [0.25, 0.3) is 5.69 Å². The van der Waals surface area contributed by atoms with Crippen LogP contribution in [0, 0.1) is 17.0 Å². The summed E-state index contributed by atoms with van der Waals surface area (Å²) < 4.78 is 1.54. The number of nitro benzene ring substituents is 1. The third-order valence-corrected chi connectivity index (χ3v) is 4.17. The van der Waals surface area contributed by atoms with Crippen LogP contribution in [-0.4, -0.2) is 20.6 Å². The molecule has 2 aromatic heterocycles. The van der Waals surface area contributed by atoms with Gasteiger partial charge in [-0.05, 0) is 36.6 Å². The van der Waals surface area contributed by atoms with Crippen molar-refractivity contribution in [3.05, 3.63) is 74.6 Å². The number of hydrogen-bond acceptors (Lipinski definition) is 5. The van der Waals surface area contributed by atoms with E-state index in [-0.39, 0.29) is 11.6 Å². The Morgan fingerprint density at radius 2 is 2.08 bits per heavy atom. The zero-order chi connectivity index (χ0) is 17.8. The van der Waals surface area contributed by atoms with Gasteiger partial charge in [0.15, 0.2) is 0 Å². The number of anilines is 1. The van der Waals surface area contributed by atoms with Crippen LogP contribution in [0.15, 0.2) is 53.9 Å². The van der Waals surface area contributed by atoms with Gasteiger partial charge in [-0.2, -0.15) is 5.10 Å². The Morgan fingerprint density at radius 3 is 2.72 bits per heavy atom. The van der Waals surface area contributed by atoms with Crippen LogP contribution in [0.1, 0.15) is 10.6 Å². The minimum atomic E-state index is -0.462. The highest BCUT2D eigenvalue weighted by atomic mass is 32.1. The molecule has 8 heteroatoms. The number of amides is 1. The largest absolute Gasteiger partial charge is 0.307 e. The lowest BCUT2D eigenvalue weighted by Gasteiger charge is -2.07. The average Bonchev–Trinajstić information content (AvgIpc) is 3.22. The first kappa shape index (κ1) is 16.6. The lowest BCUT2D eigenvalue weighted by Crippen LogP contribution is -2.12. The fourth-order valence-electron chi connectivity index (χ4n) is 2.21. The number of nitro groups is 1. The van der Waals surface area contributed by atoms with Gasteiger partial charge in [0.2, 0.25) is 5.91 Å². The quantitative estimate of drug-likeness (QED) is 0.429. The second kappa shape index (κ2) is 7.10. The highest BCUT2D eigenvalue weighted by Crippen LogP contribution is 2.20.